The maximum Gasteiger partial charge on any atom is 0.127 e. The smallest absolute Gasteiger partial charge is 0.127 e. The highest BCUT2D eigenvalue weighted by atomic mass is 35.5. The first-order chi connectivity index (χ1) is 12.3. The fourth-order valence-corrected chi connectivity index (χ4v) is 3.49. The number of hydrogen-bond donors (Lipinski definition) is 1. The van der Waals surface area contributed by atoms with Crippen LogP contribution in [0.1, 0.15) is 17.4 Å². The van der Waals surface area contributed by atoms with Crippen LogP contribution in [0.25, 0.3) is 11.3 Å². The first kappa shape index (κ1) is 18.6. The summed E-state index contributed by atoms with van der Waals surface area (Å²) < 4.78 is 2.12. The Hall–Kier alpha value is -2.21. The quantitative estimate of drug-likeness (QED) is 0.767. The van der Waals surface area contributed by atoms with Gasteiger partial charge >= 0.3 is 0 Å². The largest absolute Gasteiger partial charge is 0.337 e. The van der Waals surface area contributed by atoms with Crippen molar-refractivity contribution in [3.63, 3.8) is 0 Å². The molecule has 2 aromatic heterocycles. The van der Waals surface area contributed by atoms with E-state index in [2.05, 4.69) is 62.1 Å². The predicted octanol–water partition coefficient (Wildman–Crippen LogP) is 3.05. The summed E-state index contributed by atoms with van der Waals surface area (Å²) in [5.41, 5.74) is 3.50. The molecule has 1 aliphatic rings. The summed E-state index contributed by atoms with van der Waals surface area (Å²) in [6.45, 7) is 3.89. The minimum absolute atomic E-state index is 0. The number of piperazine rings is 1. The zero-order valence-corrected chi connectivity index (χ0v) is 15.7. The zero-order valence-electron chi connectivity index (χ0n) is 14.9. The van der Waals surface area contributed by atoms with Crippen LogP contribution in [0.5, 0.6) is 0 Å². The van der Waals surface area contributed by atoms with Crippen molar-refractivity contribution in [1.82, 2.24) is 24.8 Å². The molecule has 0 saturated carbocycles. The molecule has 1 aromatic carbocycles. The molecule has 1 saturated heterocycles. The highest BCUT2D eigenvalue weighted by molar-refractivity contribution is 5.85. The van der Waals surface area contributed by atoms with Gasteiger partial charge in [-0.2, -0.15) is 0 Å². The molecule has 1 fully saturated rings. The fraction of sp³-hybridized carbons (Fsp3) is 0.300. The Morgan fingerprint density at radius 1 is 1.12 bits per heavy atom. The molecule has 0 radical (unpaired) electrons. The second-order valence-electron chi connectivity index (χ2n) is 6.50. The molecule has 136 valence electrons. The summed E-state index contributed by atoms with van der Waals surface area (Å²) in [5, 5.41) is 3.50. The molecule has 0 aliphatic carbocycles. The lowest BCUT2D eigenvalue weighted by Crippen LogP contribution is -2.46. The third-order valence-electron chi connectivity index (χ3n) is 4.78. The molecule has 1 unspecified atom stereocenters. The number of nitrogens with one attached hydrogen (secondary N) is 1. The SMILES string of the molecule is Cl.Cn1ccnc1C1CNCCN1Cc1cccc(-c2ccccn2)c1. The van der Waals surface area contributed by atoms with Crippen LogP contribution < -0.4 is 5.32 Å². The number of aromatic nitrogens is 3. The van der Waals surface area contributed by atoms with E-state index in [0.717, 1.165) is 37.7 Å². The third kappa shape index (κ3) is 3.96. The summed E-state index contributed by atoms with van der Waals surface area (Å²) in [4.78, 5) is 11.5. The summed E-state index contributed by atoms with van der Waals surface area (Å²) in [5.74, 6) is 1.12. The van der Waals surface area contributed by atoms with Crippen LogP contribution in [0.4, 0.5) is 0 Å². The van der Waals surface area contributed by atoms with Gasteiger partial charge < -0.3 is 9.88 Å². The molecule has 3 heterocycles. The van der Waals surface area contributed by atoms with Crippen molar-refractivity contribution >= 4 is 12.4 Å². The number of rotatable bonds is 4. The molecule has 0 amide bonds. The summed E-state index contributed by atoms with van der Waals surface area (Å²) in [7, 11) is 2.07. The number of halogens is 1. The van der Waals surface area contributed by atoms with E-state index < -0.39 is 0 Å². The molecular weight excluding hydrogens is 346 g/mol. The van der Waals surface area contributed by atoms with Gasteiger partial charge in [0.25, 0.3) is 0 Å². The van der Waals surface area contributed by atoms with E-state index in [1.165, 1.54) is 11.1 Å². The second-order valence-corrected chi connectivity index (χ2v) is 6.50. The number of aryl methyl sites for hydroxylation is 1. The zero-order chi connectivity index (χ0) is 17.1. The molecule has 26 heavy (non-hydrogen) atoms. The number of pyridine rings is 1. The van der Waals surface area contributed by atoms with Gasteiger partial charge in [-0.3, -0.25) is 9.88 Å². The fourth-order valence-electron chi connectivity index (χ4n) is 3.49. The number of imidazole rings is 1. The van der Waals surface area contributed by atoms with Crippen molar-refractivity contribution in [3.8, 4) is 11.3 Å². The Labute approximate surface area is 160 Å². The lowest BCUT2D eigenvalue weighted by atomic mass is 10.1. The summed E-state index contributed by atoms with van der Waals surface area (Å²) in [6.07, 6.45) is 5.74. The molecule has 1 N–H and O–H groups in total. The third-order valence-corrected chi connectivity index (χ3v) is 4.78. The van der Waals surface area contributed by atoms with Crippen LogP contribution in [0, 0.1) is 0 Å². The normalized spacial score (nSPS) is 17.7. The van der Waals surface area contributed by atoms with Crippen LogP contribution in [0.3, 0.4) is 0 Å². The topological polar surface area (TPSA) is 46.0 Å². The van der Waals surface area contributed by atoms with E-state index in [1.54, 1.807) is 0 Å². The maximum absolute atomic E-state index is 4.57. The standard InChI is InChI=1S/C20H23N5.ClH/c1-24-11-10-23-20(24)19-14-21-9-12-25(19)15-16-5-4-6-17(13-16)18-7-2-3-8-22-18;/h2-8,10-11,13,19,21H,9,12,14-15H2,1H3;1H. The van der Waals surface area contributed by atoms with Crippen molar-refractivity contribution in [2.75, 3.05) is 19.6 Å². The Kier molecular flexibility index (Phi) is 6.04. The van der Waals surface area contributed by atoms with Crippen molar-refractivity contribution in [1.29, 1.82) is 0 Å². The van der Waals surface area contributed by atoms with E-state index in [1.807, 2.05) is 30.7 Å². The van der Waals surface area contributed by atoms with Gasteiger partial charge in [-0.1, -0.05) is 24.3 Å². The van der Waals surface area contributed by atoms with Gasteiger partial charge in [-0.05, 0) is 23.8 Å². The van der Waals surface area contributed by atoms with E-state index in [0.29, 0.717) is 6.04 Å². The summed E-state index contributed by atoms with van der Waals surface area (Å²) in [6, 6.07) is 15.0. The van der Waals surface area contributed by atoms with E-state index in [-0.39, 0.29) is 12.4 Å². The summed E-state index contributed by atoms with van der Waals surface area (Å²) >= 11 is 0. The second kappa shape index (κ2) is 8.45. The highest BCUT2D eigenvalue weighted by Crippen LogP contribution is 2.24. The van der Waals surface area contributed by atoms with Crippen LogP contribution in [0.2, 0.25) is 0 Å². The number of hydrogen-bond acceptors (Lipinski definition) is 4. The van der Waals surface area contributed by atoms with Crippen LogP contribution in [-0.2, 0) is 13.6 Å². The number of nitrogens with zero attached hydrogens (tertiary/aromatic N) is 4. The molecule has 1 atom stereocenters. The molecule has 0 bridgehead atoms. The molecule has 1 aliphatic heterocycles. The highest BCUT2D eigenvalue weighted by Gasteiger charge is 2.26. The molecule has 5 nitrogen and oxygen atoms in total. The Morgan fingerprint density at radius 3 is 2.81 bits per heavy atom. The molecule has 3 aromatic rings. The maximum atomic E-state index is 4.57. The van der Waals surface area contributed by atoms with Crippen molar-refractivity contribution < 1.29 is 0 Å². The Balaban J connectivity index is 0.00000196. The lowest BCUT2D eigenvalue weighted by Gasteiger charge is -2.35. The van der Waals surface area contributed by atoms with Crippen LogP contribution >= 0.6 is 12.4 Å². The van der Waals surface area contributed by atoms with Gasteiger partial charge in [-0.25, -0.2) is 4.98 Å². The van der Waals surface area contributed by atoms with Crippen LogP contribution in [-0.4, -0.2) is 39.1 Å². The van der Waals surface area contributed by atoms with Crippen molar-refractivity contribution in [2.24, 2.45) is 7.05 Å². The van der Waals surface area contributed by atoms with Gasteiger partial charge in [-0.15, -0.1) is 12.4 Å². The predicted molar refractivity (Wildman–Crippen MR) is 106 cm³/mol. The molecular formula is C20H24ClN5. The van der Waals surface area contributed by atoms with Crippen molar-refractivity contribution in [2.45, 2.75) is 12.6 Å². The lowest BCUT2D eigenvalue weighted by molar-refractivity contribution is 0.145. The van der Waals surface area contributed by atoms with Gasteiger partial charge in [0.2, 0.25) is 0 Å². The van der Waals surface area contributed by atoms with E-state index >= 15 is 0 Å². The molecule has 4 rings (SSSR count). The number of benzene rings is 1. The Morgan fingerprint density at radius 2 is 2.04 bits per heavy atom. The van der Waals surface area contributed by atoms with Gasteiger partial charge in [0.1, 0.15) is 5.82 Å². The minimum atomic E-state index is 0. The average Bonchev–Trinajstić information content (AvgIpc) is 3.09. The van der Waals surface area contributed by atoms with E-state index in [4.69, 9.17) is 0 Å². The molecule has 6 heteroatoms. The molecule has 0 spiro atoms. The monoisotopic (exact) mass is 369 g/mol. The first-order valence-corrected chi connectivity index (χ1v) is 8.73. The van der Waals surface area contributed by atoms with Crippen molar-refractivity contribution in [3.05, 3.63) is 72.4 Å². The van der Waals surface area contributed by atoms with Gasteiger partial charge in [0, 0.05) is 57.4 Å². The Bertz CT molecular complexity index is 833. The minimum Gasteiger partial charge on any atom is -0.337 e. The first-order valence-electron chi connectivity index (χ1n) is 8.73. The van der Waals surface area contributed by atoms with Crippen LogP contribution in [0.15, 0.2) is 61.1 Å². The average molecular weight is 370 g/mol. The van der Waals surface area contributed by atoms with Gasteiger partial charge in [0.05, 0.1) is 11.7 Å². The van der Waals surface area contributed by atoms with Gasteiger partial charge in [0.15, 0.2) is 0 Å². The van der Waals surface area contributed by atoms with E-state index in [9.17, 15) is 0 Å².